The number of alkyl halides is 3. The molecule has 0 spiro atoms. The van der Waals surface area contributed by atoms with Crippen LogP contribution in [0.2, 0.25) is 5.02 Å². The molecule has 0 amide bonds. The van der Waals surface area contributed by atoms with Crippen molar-refractivity contribution in [2.75, 3.05) is 0 Å². The Morgan fingerprint density at radius 2 is 1.56 bits per heavy atom. The van der Waals surface area contributed by atoms with Crippen molar-refractivity contribution < 1.29 is 77.5 Å². The fourth-order valence-electron chi connectivity index (χ4n) is 0.971. The van der Waals surface area contributed by atoms with E-state index < -0.39 is 29.2 Å². The summed E-state index contributed by atoms with van der Waals surface area (Å²) >= 11 is 5.16. The zero-order chi connectivity index (χ0) is 11.9. The maximum absolute atomic E-state index is 12.2. The molecular weight excluding hydrogens is 283 g/mol. The van der Waals surface area contributed by atoms with Crippen LogP contribution in [0.1, 0.15) is 5.56 Å². The zero-order valence-electron chi connectivity index (χ0n) is 7.96. The van der Waals surface area contributed by atoms with Gasteiger partial charge in [0.25, 0.3) is 0 Å². The van der Waals surface area contributed by atoms with E-state index in [0.717, 1.165) is 0 Å². The molecule has 1 aromatic carbocycles. The summed E-state index contributed by atoms with van der Waals surface area (Å²) in [5.41, 5.74) is -2.78. The quantitative estimate of drug-likeness (QED) is 0.518. The van der Waals surface area contributed by atoms with E-state index in [2.05, 4.69) is 0 Å². The van der Waals surface area contributed by atoms with Crippen molar-refractivity contribution >= 4 is 24.0 Å². The average molecular weight is 286 g/mol. The van der Waals surface area contributed by atoms with Gasteiger partial charge in [-0.3, -0.25) is 0 Å². The molecule has 84 valence electrons. The molecule has 0 aliphatic heterocycles. The second-order valence-electron chi connectivity index (χ2n) is 2.81. The normalized spacial score (nSPS) is 12.2. The molecule has 1 rings (SSSR count). The van der Waals surface area contributed by atoms with E-state index in [1.165, 1.54) is 0 Å². The zero-order valence-corrected chi connectivity index (χ0v) is 11.8. The van der Waals surface area contributed by atoms with Crippen LogP contribution in [0.4, 0.5) is 26.1 Å². The first kappa shape index (κ1) is 16.8. The van der Waals surface area contributed by atoms with Crippen LogP contribution >= 0.6 is 11.6 Å². The van der Waals surface area contributed by atoms with Gasteiger partial charge in [-0.15, -0.1) is 0 Å². The third-order valence-electron chi connectivity index (χ3n) is 1.68. The Morgan fingerprint density at radius 3 is 1.94 bits per heavy atom. The Kier molecular flexibility index (Phi) is 5.90. The molecule has 0 aliphatic carbocycles. The molecule has 0 saturated carbocycles. The van der Waals surface area contributed by atoms with E-state index in [1.54, 1.807) is 0 Å². The van der Waals surface area contributed by atoms with Crippen LogP contribution in [0, 0.1) is 0 Å². The molecule has 0 radical (unpaired) electrons. The average Bonchev–Trinajstić information content (AvgIpc) is 2.00. The molecule has 0 atom stereocenters. The summed E-state index contributed by atoms with van der Waals surface area (Å²) < 4.78 is 72.9. The fourth-order valence-corrected chi connectivity index (χ4v) is 1.21. The Hall–Kier alpha value is 0.791. The van der Waals surface area contributed by atoms with Crippen molar-refractivity contribution in [3.63, 3.8) is 0 Å². The molecule has 0 heterocycles. The first-order chi connectivity index (χ1) is 6.62. The number of hydrogen-bond acceptors (Lipinski definition) is 0. The monoisotopic (exact) mass is 286 g/mol. The summed E-state index contributed by atoms with van der Waals surface area (Å²) in [6.45, 7) is -5.53. The molecule has 0 saturated heterocycles. The Bertz CT molecular complexity index is 374. The maximum Gasteiger partial charge on any atom is 1.00 e. The molecule has 16 heavy (non-hydrogen) atoms. The van der Waals surface area contributed by atoms with Gasteiger partial charge in [0, 0.05) is 5.02 Å². The van der Waals surface area contributed by atoms with Gasteiger partial charge >= 0.3 is 64.5 Å². The van der Waals surface area contributed by atoms with Crippen molar-refractivity contribution in [3.05, 3.63) is 28.8 Å². The largest absolute Gasteiger partial charge is 1.00 e. The first-order valence-electron chi connectivity index (χ1n) is 3.69. The SMILES string of the molecule is F[B-](F)(F)c1cc(C(F)(F)F)ccc1Cl.[K+]. The molecule has 0 aromatic heterocycles. The van der Waals surface area contributed by atoms with E-state index in [-0.39, 0.29) is 57.5 Å². The van der Waals surface area contributed by atoms with Gasteiger partial charge in [-0.1, -0.05) is 23.1 Å². The van der Waals surface area contributed by atoms with Gasteiger partial charge in [-0.25, -0.2) is 0 Å². The summed E-state index contributed by atoms with van der Waals surface area (Å²) in [5.74, 6) is 0. The summed E-state index contributed by atoms with van der Waals surface area (Å²) in [4.78, 5) is 0. The van der Waals surface area contributed by atoms with Crippen molar-refractivity contribution in [2.24, 2.45) is 0 Å². The topological polar surface area (TPSA) is 0 Å². The van der Waals surface area contributed by atoms with Crippen molar-refractivity contribution in [1.29, 1.82) is 0 Å². The first-order valence-corrected chi connectivity index (χ1v) is 4.07. The summed E-state index contributed by atoms with van der Waals surface area (Å²) in [6.07, 6.45) is -4.80. The van der Waals surface area contributed by atoms with Gasteiger partial charge in [0.15, 0.2) is 0 Å². The molecule has 0 aliphatic rings. The number of benzene rings is 1. The minimum absolute atomic E-state index is 0. The van der Waals surface area contributed by atoms with Crippen molar-refractivity contribution in [2.45, 2.75) is 6.18 Å². The number of hydrogen-bond donors (Lipinski definition) is 0. The second-order valence-corrected chi connectivity index (χ2v) is 3.22. The smallest absolute Gasteiger partial charge is 0.445 e. The molecule has 0 nitrogen and oxygen atoms in total. The minimum Gasteiger partial charge on any atom is -0.445 e. The predicted octanol–water partition coefficient (Wildman–Crippen LogP) is 0.417. The van der Waals surface area contributed by atoms with Crippen molar-refractivity contribution in [1.82, 2.24) is 0 Å². The standard InChI is InChI=1S/C7H3BClF6.K/c9-6-2-1-4(7(10,11)12)3-5(6)8(13,14)15;/h1-3H;/q-1;+1. The van der Waals surface area contributed by atoms with Crippen LogP contribution in [0.3, 0.4) is 0 Å². The number of halogens is 7. The van der Waals surface area contributed by atoms with E-state index in [4.69, 9.17) is 11.6 Å². The summed E-state index contributed by atoms with van der Waals surface area (Å²) in [7, 11) is 0. The van der Waals surface area contributed by atoms with Crippen LogP contribution < -0.4 is 56.8 Å². The molecule has 1 aromatic rings. The Morgan fingerprint density at radius 1 is 1.06 bits per heavy atom. The van der Waals surface area contributed by atoms with Gasteiger partial charge in [0.05, 0.1) is 5.56 Å². The molecule has 0 N–H and O–H groups in total. The van der Waals surface area contributed by atoms with E-state index in [9.17, 15) is 26.1 Å². The number of rotatable bonds is 1. The minimum atomic E-state index is -5.53. The molecule has 9 heteroatoms. The van der Waals surface area contributed by atoms with Gasteiger partial charge < -0.3 is 12.9 Å². The summed E-state index contributed by atoms with van der Waals surface area (Å²) in [5, 5.41) is -0.726. The van der Waals surface area contributed by atoms with Gasteiger partial charge in [0.2, 0.25) is 0 Å². The van der Waals surface area contributed by atoms with Crippen LogP contribution in [0.25, 0.3) is 0 Å². The Balaban J connectivity index is 0.00000225. The van der Waals surface area contributed by atoms with Gasteiger partial charge in [0.1, 0.15) is 0 Å². The van der Waals surface area contributed by atoms with Crippen LogP contribution in [-0.4, -0.2) is 6.98 Å². The second kappa shape index (κ2) is 5.62. The van der Waals surface area contributed by atoms with Crippen LogP contribution in [-0.2, 0) is 6.18 Å². The fraction of sp³-hybridized carbons (Fsp3) is 0.143. The predicted molar refractivity (Wildman–Crippen MR) is 45.2 cm³/mol. The summed E-state index contributed by atoms with van der Waals surface area (Å²) in [6, 6.07) is 1.12. The van der Waals surface area contributed by atoms with E-state index in [1.807, 2.05) is 0 Å². The molecule has 0 unspecified atom stereocenters. The van der Waals surface area contributed by atoms with Gasteiger partial charge in [-0.2, -0.15) is 13.2 Å². The van der Waals surface area contributed by atoms with Gasteiger partial charge in [-0.05, 0) is 12.1 Å². The maximum atomic E-state index is 12.2. The van der Waals surface area contributed by atoms with E-state index >= 15 is 0 Å². The molecule has 0 fully saturated rings. The van der Waals surface area contributed by atoms with E-state index in [0.29, 0.717) is 12.1 Å². The molecular formula is C7H3BClF6K. The Labute approximate surface area is 135 Å². The van der Waals surface area contributed by atoms with Crippen LogP contribution in [0.15, 0.2) is 18.2 Å². The third-order valence-corrected chi connectivity index (χ3v) is 2.02. The van der Waals surface area contributed by atoms with Crippen molar-refractivity contribution in [3.8, 4) is 0 Å². The third kappa shape index (κ3) is 4.23. The van der Waals surface area contributed by atoms with Crippen LogP contribution in [0.5, 0.6) is 0 Å². The molecule has 0 bridgehead atoms.